The van der Waals surface area contributed by atoms with Gasteiger partial charge in [-0.15, -0.1) is 0 Å². The van der Waals surface area contributed by atoms with Crippen molar-refractivity contribution in [1.82, 2.24) is 9.97 Å². The summed E-state index contributed by atoms with van der Waals surface area (Å²) in [7, 11) is 1.45. The van der Waals surface area contributed by atoms with Crippen LogP contribution in [0.25, 0.3) is 0 Å². The Labute approximate surface area is 103 Å². The summed E-state index contributed by atoms with van der Waals surface area (Å²) in [5, 5.41) is 0. The number of hydrogen-bond donors (Lipinski definition) is 0. The van der Waals surface area contributed by atoms with E-state index >= 15 is 0 Å². The molecule has 0 aromatic carbocycles. The summed E-state index contributed by atoms with van der Waals surface area (Å²) in [5.74, 6) is -0.137. The van der Waals surface area contributed by atoms with Crippen LogP contribution in [0.3, 0.4) is 0 Å². The molecule has 0 spiro atoms. The highest BCUT2D eigenvalue weighted by molar-refractivity contribution is 5.27. The quantitative estimate of drug-likeness (QED) is 0.819. The lowest BCUT2D eigenvalue weighted by Gasteiger charge is -2.17. The van der Waals surface area contributed by atoms with Crippen LogP contribution >= 0.6 is 0 Å². The van der Waals surface area contributed by atoms with E-state index < -0.39 is 23.7 Å². The minimum absolute atomic E-state index is 0.183. The Morgan fingerprint density at radius 2 is 2.06 bits per heavy atom. The van der Waals surface area contributed by atoms with Crippen molar-refractivity contribution in [2.24, 2.45) is 0 Å². The van der Waals surface area contributed by atoms with Crippen LogP contribution < -0.4 is 4.74 Å². The largest absolute Gasteiger partial charge is 0.472 e. The fourth-order valence-electron chi connectivity index (χ4n) is 1.31. The fraction of sp³-hybridized carbons (Fsp3) is 0.636. The second kappa shape index (κ2) is 5.99. The Morgan fingerprint density at radius 1 is 1.39 bits per heavy atom. The number of hydrogen-bond acceptors (Lipinski definition) is 4. The Morgan fingerprint density at radius 3 is 2.56 bits per heavy atom. The van der Waals surface area contributed by atoms with Gasteiger partial charge in [0.05, 0.1) is 6.61 Å². The van der Waals surface area contributed by atoms with Crippen LogP contribution in [0.2, 0.25) is 0 Å². The van der Waals surface area contributed by atoms with Crippen LogP contribution in [0.15, 0.2) is 6.20 Å². The standard InChI is InChI=1S/C11H15F3N2O2/c1-4-9-15-5-8(11(12,13)14)10(16-9)18-7(2)6-17-3/h5,7H,4,6H2,1-3H3/t7-/m1/s1. The molecule has 1 aromatic heterocycles. The van der Waals surface area contributed by atoms with Gasteiger partial charge in [0.2, 0.25) is 5.88 Å². The van der Waals surface area contributed by atoms with Crippen LogP contribution in [-0.2, 0) is 17.3 Å². The van der Waals surface area contributed by atoms with Gasteiger partial charge in [0, 0.05) is 19.7 Å². The van der Waals surface area contributed by atoms with E-state index in [0.29, 0.717) is 12.2 Å². The predicted molar refractivity (Wildman–Crippen MR) is 58.4 cm³/mol. The summed E-state index contributed by atoms with van der Waals surface area (Å²) in [6.45, 7) is 3.55. The summed E-state index contributed by atoms with van der Waals surface area (Å²) in [5.41, 5.74) is -0.970. The SMILES string of the molecule is CCc1ncc(C(F)(F)F)c(O[C@H](C)COC)n1. The molecule has 0 aliphatic heterocycles. The van der Waals surface area contributed by atoms with E-state index in [1.165, 1.54) is 7.11 Å². The molecule has 1 atom stereocenters. The van der Waals surface area contributed by atoms with E-state index in [4.69, 9.17) is 9.47 Å². The third-order valence-electron chi connectivity index (χ3n) is 2.14. The molecule has 0 aliphatic rings. The third-order valence-corrected chi connectivity index (χ3v) is 2.14. The molecule has 0 unspecified atom stereocenters. The molecular formula is C11H15F3N2O2. The molecule has 0 aliphatic carbocycles. The van der Waals surface area contributed by atoms with Gasteiger partial charge < -0.3 is 9.47 Å². The van der Waals surface area contributed by atoms with Gasteiger partial charge >= 0.3 is 6.18 Å². The Balaban J connectivity index is 3.04. The number of aromatic nitrogens is 2. The monoisotopic (exact) mass is 264 g/mol. The maximum Gasteiger partial charge on any atom is 0.423 e. The lowest BCUT2D eigenvalue weighted by Crippen LogP contribution is -2.21. The highest BCUT2D eigenvalue weighted by atomic mass is 19.4. The fourth-order valence-corrected chi connectivity index (χ4v) is 1.31. The van der Waals surface area contributed by atoms with Gasteiger partial charge in [0.1, 0.15) is 17.5 Å². The summed E-state index contributed by atoms with van der Waals surface area (Å²) in [6, 6.07) is 0. The molecule has 0 saturated heterocycles. The summed E-state index contributed by atoms with van der Waals surface area (Å²) >= 11 is 0. The molecule has 0 bridgehead atoms. The molecule has 0 radical (unpaired) electrons. The van der Waals surface area contributed by atoms with Crippen molar-refractivity contribution in [3.63, 3.8) is 0 Å². The molecule has 1 rings (SSSR count). The van der Waals surface area contributed by atoms with Crippen LogP contribution in [0.4, 0.5) is 13.2 Å². The van der Waals surface area contributed by atoms with E-state index in [9.17, 15) is 13.2 Å². The minimum Gasteiger partial charge on any atom is -0.472 e. The van der Waals surface area contributed by atoms with Gasteiger partial charge in [-0.3, -0.25) is 0 Å². The highest BCUT2D eigenvalue weighted by Gasteiger charge is 2.36. The van der Waals surface area contributed by atoms with Crippen LogP contribution in [0, 0.1) is 0 Å². The molecule has 7 heteroatoms. The summed E-state index contributed by atoms with van der Waals surface area (Å²) in [6.07, 6.45) is -3.86. The second-order valence-electron chi connectivity index (χ2n) is 3.74. The van der Waals surface area contributed by atoms with Crippen LogP contribution in [-0.4, -0.2) is 29.8 Å². The molecule has 4 nitrogen and oxygen atoms in total. The molecule has 102 valence electrons. The number of halogens is 3. The first kappa shape index (κ1) is 14.7. The lowest BCUT2D eigenvalue weighted by molar-refractivity contribution is -0.140. The second-order valence-corrected chi connectivity index (χ2v) is 3.74. The van der Waals surface area contributed by atoms with Crippen molar-refractivity contribution < 1.29 is 22.6 Å². The Hall–Kier alpha value is -1.37. The summed E-state index contributed by atoms with van der Waals surface area (Å²) in [4.78, 5) is 7.41. The topological polar surface area (TPSA) is 44.2 Å². The average Bonchev–Trinajstić information content (AvgIpc) is 2.27. The Bertz CT molecular complexity index is 396. The van der Waals surface area contributed by atoms with Crippen LogP contribution in [0.5, 0.6) is 5.88 Å². The smallest absolute Gasteiger partial charge is 0.423 e. The Kier molecular flexibility index (Phi) is 4.89. The maximum absolute atomic E-state index is 12.7. The van der Waals surface area contributed by atoms with Gasteiger partial charge in [-0.1, -0.05) is 6.92 Å². The normalized spacial score (nSPS) is 13.4. The van der Waals surface area contributed by atoms with E-state index in [2.05, 4.69) is 9.97 Å². The molecule has 1 heterocycles. The van der Waals surface area contributed by atoms with E-state index in [1.54, 1.807) is 13.8 Å². The molecule has 0 saturated carbocycles. The molecule has 0 amide bonds. The van der Waals surface area contributed by atoms with Gasteiger partial charge in [-0.05, 0) is 6.92 Å². The van der Waals surface area contributed by atoms with Crippen molar-refractivity contribution in [2.45, 2.75) is 32.5 Å². The van der Waals surface area contributed by atoms with E-state index in [0.717, 1.165) is 6.20 Å². The highest BCUT2D eigenvalue weighted by Crippen LogP contribution is 2.34. The average molecular weight is 264 g/mol. The number of alkyl halides is 3. The van der Waals surface area contributed by atoms with Gasteiger partial charge in [0.25, 0.3) is 0 Å². The van der Waals surface area contributed by atoms with Gasteiger partial charge in [-0.25, -0.2) is 4.98 Å². The van der Waals surface area contributed by atoms with Crippen molar-refractivity contribution in [3.8, 4) is 5.88 Å². The first-order valence-corrected chi connectivity index (χ1v) is 5.47. The molecule has 1 aromatic rings. The third kappa shape index (κ3) is 3.83. The lowest BCUT2D eigenvalue weighted by atomic mass is 10.3. The summed E-state index contributed by atoms with van der Waals surface area (Å²) < 4.78 is 48.2. The zero-order valence-electron chi connectivity index (χ0n) is 10.4. The first-order valence-electron chi connectivity index (χ1n) is 5.47. The maximum atomic E-state index is 12.7. The van der Waals surface area contributed by atoms with E-state index in [-0.39, 0.29) is 6.61 Å². The van der Waals surface area contributed by atoms with Crippen molar-refractivity contribution in [2.75, 3.05) is 13.7 Å². The number of nitrogens with zero attached hydrogens (tertiary/aromatic N) is 2. The number of aryl methyl sites for hydroxylation is 1. The van der Waals surface area contributed by atoms with Crippen molar-refractivity contribution in [1.29, 1.82) is 0 Å². The molecular weight excluding hydrogens is 249 g/mol. The van der Waals surface area contributed by atoms with Gasteiger partial charge in [-0.2, -0.15) is 18.2 Å². The zero-order valence-corrected chi connectivity index (χ0v) is 10.4. The molecule has 0 fully saturated rings. The van der Waals surface area contributed by atoms with Gasteiger partial charge in [0.15, 0.2) is 0 Å². The first-order chi connectivity index (χ1) is 8.38. The van der Waals surface area contributed by atoms with Crippen LogP contribution in [0.1, 0.15) is 25.2 Å². The van der Waals surface area contributed by atoms with E-state index in [1.807, 2.05) is 0 Å². The zero-order chi connectivity index (χ0) is 13.8. The number of methoxy groups -OCH3 is 1. The minimum atomic E-state index is -4.53. The molecule has 0 N–H and O–H groups in total. The number of ether oxygens (including phenoxy) is 2. The molecule has 18 heavy (non-hydrogen) atoms. The predicted octanol–water partition coefficient (Wildman–Crippen LogP) is 2.47. The number of rotatable bonds is 5. The van der Waals surface area contributed by atoms with Crippen molar-refractivity contribution in [3.05, 3.63) is 17.6 Å². The van der Waals surface area contributed by atoms with Crippen molar-refractivity contribution >= 4 is 0 Å².